The monoisotopic (exact) mass is 480 g/mol. The molecule has 4 aromatic heterocycles. The molecule has 1 saturated carbocycles. The minimum atomic E-state index is 0.380. The van der Waals surface area contributed by atoms with Gasteiger partial charge in [-0.3, -0.25) is 0 Å². The van der Waals surface area contributed by atoms with Crippen LogP contribution in [0.15, 0.2) is 49.2 Å². The van der Waals surface area contributed by atoms with E-state index in [4.69, 9.17) is 14.7 Å². The normalized spacial score (nSPS) is 13.6. The van der Waals surface area contributed by atoms with Gasteiger partial charge < -0.3 is 9.30 Å². The number of benzene rings is 1. The van der Waals surface area contributed by atoms with Crippen LogP contribution >= 0.6 is 0 Å². The number of hydrogen-bond acceptors (Lipinski definition) is 7. The maximum Gasteiger partial charge on any atom is 0.227 e. The van der Waals surface area contributed by atoms with Crippen LogP contribution in [0.1, 0.15) is 55.6 Å². The smallest absolute Gasteiger partial charge is 0.227 e. The van der Waals surface area contributed by atoms with Gasteiger partial charge in [0.15, 0.2) is 11.5 Å². The van der Waals surface area contributed by atoms with Crippen molar-refractivity contribution in [3.8, 4) is 28.5 Å². The van der Waals surface area contributed by atoms with Gasteiger partial charge in [0.25, 0.3) is 0 Å². The van der Waals surface area contributed by atoms with Gasteiger partial charge >= 0.3 is 0 Å². The molecule has 1 aliphatic carbocycles. The molecule has 9 nitrogen and oxygen atoms in total. The molecule has 1 aliphatic rings. The van der Waals surface area contributed by atoms with Crippen LogP contribution in [0.25, 0.3) is 33.7 Å². The van der Waals surface area contributed by atoms with Gasteiger partial charge in [-0.25, -0.2) is 29.6 Å². The number of hydrogen-bond donors (Lipinski definition) is 0. The minimum Gasteiger partial charge on any atom is -0.480 e. The predicted octanol–water partition coefficient (Wildman–Crippen LogP) is 4.74. The summed E-state index contributed by atoms with van der Waals surface area (Å²) in [5.74, 6) is 2.94. The summed E-state index contributed by atoms with van der Waals surface area (Å²) in [4.78, 5) is 23.2. The zero-order valence-corrected chi connectivity index (χ0v) is 20.9. The lowest BCUT2D eigenvalue weighted by Gasteiger charge is -2.11. The Hall–Kier alpha value is -4.14. The second-order valence-corrected chi connectivity index (χ2v) is 9.64. The molecule has 0 amide bonds. The van der Waals surface area contributed by atoms with Crippen LogP contribution in [0, 0.1) is 0 Å². The number of aromatic nitrogens is 8. The van der Waals surface area contributed by atoms with Gasteiger partial charge in [-0.05, 0) is 18.4 Å². The number of fused-ring (bicyclic) bond motifs is 1. The molecule has 0 bridgehead atoms. The Morgan fingerprint density at radius 1 is 1.03 bits per heavy atom. The first-order chi connectivity index (χ1) is 17.5. The van der Waals surface area contributed by atoms with Gasteiger partial charge in [-0.1, -0.05) is 38.1 Å². The number of methoxy groups -OCH3 is 1. The maximum atomic E-state index is 5.55. The summed E-state index contributed by atoms with van der Waals surface area (Å²) < 4.78 is 9.55. The van der Waals surface area contributed by atoms with Crippen LogP contribution < -0.4 is 4.74 Å². The Bertz CT molecular complexity index is 1550. The van der Waals surface area contributed by atoms with E-state index in [1.807, 2.05) is 11.7 Å². The highest BCUT2D eigenvalue weighted by molar-refractivity contribution is 5.77. The van der Waals surface area contributed by atoms with Crippen LogP contribution in [0.4, 0.5) is 0 Å². The van der Waals surface area contributed by atoms with Gasteiger partial charge in [0.2, 0.25) is 5.88 Å². The quantitative estimate of drug-likeness (QED) is 0.332. The summed E-state index contributed by atoms with van der Waals surface area (Å²) in [6.07, 6.45) is 9.47. The lowest BCUT2D eigenvalue weighted by molar-refractivity contribution is 0.397. The van der Waals surface area contributed by atoms with E-state index in [9.17, 15) is 0 Å². The van der Waals surface area contributed by atoms with E-state index >= 15 is 0 Å². The molecule has 0 aliphatic heterocycles. The van der Waals surface area contributed by atoms with Crippen molar-refractivity contribution in [3.63, 3.8) is 0 Å². The highest BCUT2D eigenvalue weighted by Gasteiger charge is 2.31. The van der Waals surface area contributed by atoms with Crippen molar-refractivity contribution in [1.82, 2.24) is 39.3 Å². The van der Waals surface area contributed by atoms with Gasteiger partial charge in [0.1, 0.15) is 17.7 Å². The second kappa shape index (κ2) is 8.82. The summed E-state index contributed by atoms with van der Waals surface area (Å²) in [7, 11) is 3.66. The average Bonchev–Trinajstić information content (AvgIpc) is 3.56. The van der Waals surface area contributed by atoms with Crippen molar-refractivity contribution in [2.45, 2.75) is 45.1 Å². The molecule has 9 heteroatoms. The number of nitrogens with zero attached hydrogens (tertiary/aromatic N) is 8. The topological polar surface area (TPSA) is 96.4 Å². The number of rotatable bonds is 7. The van der Waals surface area contributed by atoms with E-state index in [-0.39, 0.29) is 0 Å². The van der Waals surface area contributed by atoms with Gasteiger partial charge in [-0.15, -0.1) is 0 Å². The molecule has 6 rings (SSSR count). The minimum absolute atomic E-state index is 0.380. The summed E-state index contributed by atoms with van der Waals surface area (Å²) in [5, 5.41) is 5.47. The van der Waals surface area contributed by atoms with Crippen LogP contribution in [0.5, 0.6) is 5.88 Å². The first kappa shape index (κ1) is 22.3. The third-order valence-corrected chi connectivity index (χ3v) is 6.61. The van der Waals surface area contributed by atoms with Crippen molar-refractivity contribution < 1.29 is 4.74 Å². The zero-order valence-electron chi connectivity index (χ0n) is 20.9. The van der Waals surface area contributed by atoms with Crippen LogP contribution in [0.2, 0.25) is 0 Å². The van der Waals surface area contributed by atoms with Crippen LogP contribution in [0.3, 0.4) is 0 Å². The molecule has 182 valence electrons. The second-order valence-electron chi connectivity index (χ2n) is 9.64. The summed E-state index contributed by atoms with van der Waals surface area (Å²) in [5.41, 5.74) is 5.71. The predicted molar refractivity (Wildman–Crippen MR) is 137 cm³/mol. The Morgan fingerprint density at radius 3 is 2.53 bits per heavy atom. The fourth-order valence-electron chi connectivity index (χ4n) is 4.63. The molecule has 0 radical (unpaired) electrons. The largest absolute Gasteiger partial charge is 0.480 e. The van der Waals surface area contributed by atoms with E-state index in [1.54, 1.807) is 25.8 Å². The van der Waals surface area contributed by atoms with E-state index in [0.717, 1.165) is 57.8 Å². The van der Waals surface area contributed by atoms with Crippen LogP contribution in [-0.2, 0) is 13.6 Å². The molecule has 0 saturated heterocycles. The fraction of sp³-hybridized carbons (Fsp3) is 0.333. The molecule has 0 unspecified atom stereocenters. The van der Waals surface area contributed by atoms with Crippen LogP contribution in [-0.4, -0.2) is 46.4 Å². The summed E-state index contributed by atoms with van der Waals surface area (Å²) in [6.45, 7) is 4.91. The van der Waals surface area contributed by atoms with E-state index < -0.39 is 0 Å². The number of ether oxygens (including phenoxy) is 1. The summed E-state index contributed by atoms with van der Waals surface area (Å²) in [6, 6.07) is 8.46. The molecule has 1 fully saturated rings. The maximum absolute atomic E-state index is 5.55. The van der Waals surface area contributed by atoms with Crippen molar-refractivity contribution >= 4 is 11.0 Å². The number of aryl methyl sites for hydroxylation is 1. The lowest BCUT2D eigenvalue weighted by atomic mass is 10.1. The van der Waals surface area contributed by atoms with E-state index in [1.165, 1.54) is 0 Å². The third-order valence-electron chi connectivity index (χ3n) is 6.61. The molecular formula is C27H28N8O. The Labute approximate surface area is 209 Å². The highest BCUT2D eigenvalue weighted by atomic mass is 16.5. The van der Waals surface area contributed by atoms with Gasteiger partial charge in [0.05, 0.1) is 36.6 Å². The van der Waals surface area contributed by atoms with Gasteiger partial charge in [-0.2, -0.15) is 5.10 Å². The third kappa shape index (κ3) is 4.00. The molecule has 0 spiro atoms. The average molecular weight is 481 g/mol. The lowest BCUT2D eigenvalue weighted by Crippen LogP contribution is -2.05. The SMILES string of the molecule is COc1ncnc(C2CC2)c1-c1ncc2cnn(Cc3ccc(-c4cn(C)c(C(C)C)n4)cc3)c2n1. The molecule has 5 aromatic rings. The Balaban J connectivity index is 1.31. The Morgan fingerprint density at radius 2 is 1.83 bits per heavy atom. The Kier molecular flexibility index (Phi) is 5.47. The molecule has 0 N–H and O–H groups in total. The number of imidazole rings is 1. The van der Waals surface area contributed by atoms with Crippen molar-refractivity contribution in [1.29, 1.82) is 0 Å². The van der Waals surface area contributed by atoms with Gasteiger partial charge in [0, 0.05) is 36.8 Å². The first-order valence-corrected chi connectivity index (χ1v) is 12.2. The molecule has 0 atom stereocenters. The molecule has 1 aromatic carbocycles. The zero-order chi connectivity index (χ0) is 24.8. The molecular weight excluding hydrogens is 452 g/mol. The highest BCUT2D eigenvalue weighted by Crippen LogP contribution is 2.44. The molecule has 4 heterocycles. The van der Waals surface area contributed by atoms with E-state index in [2.05, 4.69) is 68.9 Å². The van der Waals surface area contributed by atoms with Crippen molar-refractivity contribution in [3.05, 3.63) is 66.3 Å². The molecule has 36 heavy (non-hydrogen) atoms. The standard InChI is InChI=1S/C27H28N8O/c1-16(2)25-32-21(14-34(25)3)18-7-5-17(6-8-18)13-35-26-20(12-31-35)11-28-24(33-26)22-23(19-9-10-19)29-15-30-27(22)36-4/h5-8,11-12,14-16,19H,9-10,13H2,1-4H3. The van der Waals surface area contributed by atoms with Crippen molar-refractivity contribution in [2.75, 3.05) is 7.11 Å². The summed E-state index contributed by atoms with van der Waals surface area (Å²) >= 11 is 0. The first-order valence-electron chi connectivity index (χ1n) is 12.2. The van der Waals surface area contributed by atoms with E-state index in [0.29, 0.717) is 30.1 Å². The fourth-order valence-corrected chi connectivity index (χ4v) is 4.63. The van der Waals surface area contributed by atoms with Crippen molar-refractivity contribution in [2.24, 2.45) is 7.05 Å².